The van der Waals surface area contributed by atoms with Crippen LogP contribution in [-0.2, 0) is 14.6 Å². The Kier molecular flexibility index (Phi) is 5.70. The summed E-state index contributed by atoms with van der Waals surface area (Å²) in [7, 11) is -3.98. The van der Waals surface area contributed by atoms with Gasteiger partial charge in [-0.1, -0.05) is 48.0 Å². The zero-order valence-electron chi connectivity index (χ0n) is 16.3. The first-order chi connectivity index (χ1) is 13.2. The van der Waals surface area contributed by atoms with Crippen molar-refractivity contribution < 1.29 is 18.0 Å². The van der Waals surface area contributed by atoms with Crippen LogP contribution in [0.2, 0.25) is 0 Å². The zero-order valence-corrected chi connectivity index (χ0v) is 17.1. The maximum absolute atomic E-state index is 13.6. The number of aryl methyl sites for hydroxylation is 1. The Balaban J connectivity index is 2.13. The predicted octanol–water partition coefficient (Wildman–Crippen LogP) is 3.42. The van der Waals surface area contributed by atoms with Crippen LogP contribution in [0.5, 0.6) is 0 Å². The van der Waals surface area contributed by atoms with Gasteiger partial charge in [-0.25, -0.2) is 8.42 Å². The molecule has 3 rings (SSSR count). The fraction of sp³-hybridized carbons (Fsp3) is 0.364. The lowest BCUT2D eigenvalue weighted by Gasteiger charge is -2.33. The van der Waals surface area contributed by atoms with Crippen LogP contribution < -0.4 is 0 Å². The topological polar surface area (TPSA) is 71.5 Å². The number of Topliss-reactive ketones (excluding diaryl/α,β-unsaturated/α-hetero) is 1. The van der Waals surface area contributed by atoms with E-state index in [1.165, 1.54) is 12.1 Å². The lowest BCUT2D eigenvalue weighted by molar-refractivity contribution is -0.130. The lowest BCUT2D eigenvalue weighted by atomic mass is 10.0. The second-order valence-corrected chi connectivity index (χ2v) is 9.58. The summed E-state index contributed by atoms with van der Waals surface area (Å²) in [6.45, 7) is 5.57. The smallest absolute Gasteiger partial charge is 0.223 e. The van der Waals surface area contributed by atoms with Gasteiger partial charge in [0.05, 0.1) is 10.9 Å². The van der Waals surface area contributed by atoms with Crippen LogP contribution in [0, 0.1) is 6.92 Å². The molecule has 1 aliphatic heterocycles. The molecule has 5 nitrogen and oxygen atoms in total. The number of carbonyl (C=O) groups is 2. The van der Waals surface area contributed by atoms with Gasteiger partial charge >= 0.3 is 0 Å². The largest absolute Gasteiger partial charge is 0.335 e. The van der Waals surface area contributed by atoms with Crippen LogP contribution >= 0.6 is 0 Å². The highest BCUT2D eigenvalue weighted by atomic mass is 32.2. The molecule has 0 unspecified atom stereocenters. The van der Waals surface area contributed by atoms with Gasteiger partial charge in [0.15, 0.2) is 15.6 Å². The number of benzene rings is 2. The molecule has 6 heteroatoms. The van der Waals surface area contributed by atoms with Gasteiger partial charge in [-0.15, -0.1) is 0 Å². The van der Waals surface area contributed by atoms with Crippen LogP contribution in [0.1, 0.15) is 42.6 Å². The van der Waals surface area contributed by atoms with E-state index in [1.54, 1.807) is 47.4 Å². The van der Waals surface area contributed by atoms with Crippen molar-refractivity contribution in [3.05, 3.63) is 65.7 Å². The standard InChI is InChI=1S/C22H25NO4S/c1-15(2)23-19(13-14-20(23)24)22(21(25)17-7-5-4-6-8-17)28(26,27)18-11-9-16(3)10-12-18/h4-12,15,19,22H,13-14H2,1-3H3/t19-,22-/m0/s1. The highest BCUT2D eigenvalue weighted by molar-refractivity contribution is 7.93. The minimum Gasteiger partial charge on any atom is -0.335 e. The van der Waals surface area contributed by atoms with E-state index in [0.717, 1.165) is 5.56 Å². The molecule has 28 heavy (non-hydrogen) atoms. The minimum absolute atomic E-state index is 0.107. The molecule has 2 atom stereocenters. The number of nitrogens with zero attached hydrogens (tertiary/aromatic N) is 1. The third-order valence-electron chi connectivity index (χ3n) is 5.21. The monoisotopic (exact) mass is 399 g/mol. The normalized spacial score (nSPS) is 18.5. The van der Waals surface area contributed by atoms with Gasteiger partial charge < -0.3 is 4.90 Å². The number of ketones is 1. The second-order valence-electron chi connectivity index (χ2n) is 7.51. The van der Waals surface area contributed by atoms with Crippen LogP contribution in [0.15, 0.2) is 59.5 Å². The van der Waals surface area contributed by atoms with Gasteiger partial charge in [-0.05, 0) is 39.3 Å². The zero-order chi connectivity index (χ0) is 20.5. The highest BCUT2D eigenvalue weighted by Gasteiger charge is 2.48. The lowest BCUT2D eigenvalue weighted by Crippen LogP contribution is -2.51. The fourth-order valence-electron chi connectivity index (χ4n) is 3.86. The van der Waals surface area contributed by atoms with E-state index in [2.05, 4.69) is 0 Å². The number of rotatable bonds is 6. The number of carbonyl (C=O) groups excluding carboxylic acids is 2. The predicted molar refractivity (Wildman–Crippen MR) is 108 cm³/mol. The summed E-state index contributed by atoms with van der Waals surface area (Å²) < 4.78 is 27.1. The maximum atomic E-state index is 13.6. The Bertz CT molecular complexity index is 965. The van der Waals surface area contributed by atoms with E-state index in [0.29, 0.717) is 12.0 Å². The van der Waals surface area contributed by atoms with Gasteiger partial charge in [0.1, 0.15) is 5.25 Å². The molecule has 2 aromatic carbocycles. The average Bonchev–Trinajstić information content (AvgIpc) is 3.04. The van der Waals surface area contributed by atoms with Gasteiger partial charge in [0.2, 0.25) is 5.91 Å². The van der Waals surface area contributed by atoms with E-state index >= 15 is 0 Å². The molecule has 1 saturated heterocycles. The molecule has 0 aromatic heterocycles. The Morgan fingerprint density at radius 1 is 1.04 bits per heavy atom. The van der Waals surface area contributed by atoms with Crippen molar-refractivity contribution in [3.8, 4) is 0 Å². The molecule has 1 heterocycles. The van der Waals surface area contributed by atoms with Gasteiger partial charge in [0.25, 0.3) is 0 Å². The van der Waals surface area contributed by atoms with Crippen molar-refractivity contribution in [3.63, 3.8) is 0 Å². The summed E-state index contributed by atoms with van der Waals surface area (Å²) in [4.78, 5) is 27.5. The first-order valence-electron chi connectivity index (χ1n) is 9.44. The number of hydrogen-bond donors (Lipinski definition) is 0. The number of sulfone groups is 1. The van der Waals surface area contributed by atoms with E-state index in [9.17, 15) is 18.0 Å². The van der Waals surface area contributed by atoms with Gasteiger partial charge in [-0.3, -0.25) is 9.59 Å². The molecule has 1 fully saturated rings. The molecule has 0 saturated carbocycles. The summed E-state index contributed by atoms with van der Waals surface area (Å²) in [6, 6.07) is 14.1. The first kappa shape index (κ1) is 20.3. The third kappa shape index (κ3) is 3.74. The van der Waals surface area contributed by atoms with Gasteiger partial charge in [-0.2, -0.15) is 0 Å². The Morgan fingerprint density at radius 2 is 1.64 bits per heavy atom. The van der Waals surface area contributed by atoms with Crippen molar-refractivity contribution in [2.75, 3.05) is 0 Å². The van der Waals surface area contributed by atoms with Crippen molar-refractivity contribution in [1.29, 1.82) is 0 Å². The summed E-state index contributed by atoms with van der Waals surface area (Å²) in [5, 5.41) is -1.33. The molecule has 0 radical (unpaired) electrons. The molecular formula is C22H25NO4S. The molecule has 1 amide bonds. The molecule has 1 aliphatic rings. The van der Waals surface area contributed by atoms with Crippen LogP contribution in [0.25, 0.3) is 0 Å². The van der Waals surface area contributed by atoms with E-state index in [1.807, 2.05) is 20.8 Å². The summed E-state index contributed by atoms with van der Waals surface area (Å²) in [6.07, 6.45) is 0.607. The van der Waals surface area contributed by atoms with E-state index in [4.69, 9.17) is 0 Å². The van der Waals surface area contributed by atoms with Crippen LogP contribution in [0.4, 0.5) is 0 Å². The summed E-state index contributed by atoms with van der Waals surface area (Å²) in [5.74, 6) is -0.573. The quantitative estimate of drug-likeness (QED) is 0.698. The summed E-state index contributed by atoms with van der Waals surface area (Å²) >= 11 is 0. The minimum atomic E-state index is -3.98. The SMILES string of the molecule is Cc1ccc(S(=O)(=O)[C@H](C(=O)c2ccccc2)[C@@H]2CCC(=O)N2C(C)C)cc1. The first-order valence-corrected chi connectivity index (χ1v) is 11.0. The van der Waals surface area contributed by atoms with Crippen LogP contribution in [0.3, 0.4) is 0 Å². The average molecular weight is 400 g/mol. The second kappa shape index (κ2) is 7.87. The van der Waals surface area contributed by atoms with E-state index in [-0.39, 0.29) is 23.3 Å². The fourth-order valence-corrected chi connectivity index (χ4v) is 5.76. The van der Waals surface area contributed by atoms with Crippen LogP contribution in [-0.4, -0.2) is 42.3 Å². The van der Waals surface area contributed by atoms with Crippen molar-refractivity contribution in [2.24, 2.45) is 0 Å². The molecule has 148 valence electrons. The Labute approximate surface area is 166 Å². The summed E-state index contributed by atoms with van der Waals surface area (Å²) in [5.41, 5.74) is 1.27. The molecule has 0 N–H and O–H groups in total. The maximum Gasteiger partial charge on any atom is 0.223 e. The van der Waals surface area contributed by atoms with Crippen molar-refractivity contribution in [1.82, 2.24) is 4.90 Å². The van der Waals surface area contributed by atoms with Crippen molar-refractivity contribution in [2.45, 2.75) is 55.8 Å². The van der Waals surface area contributed by atoms with Crippen molar-refractivity contribution >= 4 is 21.5 Å². The molecule has 2 aromatic rings. The van der Waals surface area contributed by atoms with Gasteiger partial charge in [0, 0.05) is 18.0 Å². The number of amides is 1. The Hall–Kier alpha value is -2.47. The number of hydrogen-bond acceptors (Lipinski definition) is 4. The Morgan fingerprint density at radius 3 is 2.21 bits per heavy atom. The highest BCUT2D eigenvalue weighted by Crippen LogP contribution is 2.32. The van der Waals surface area contributed by atoms with E-state index < -0.39 is 26.9 Å². The molecule has 0 aliphatic carbocycles. The third-order valence-corrected chi connectivity index (χ3v) is 7.33. The number of likely N-dealkylation sites (tertiary alicyclic amines) is 1. The molecular weight excluding hydrogens is 374 g/mol. The molecule has 0 bridgehead atoms. The molecule has 0 spiro atoms.